The van der Waals surface area contributed by atoms with E-state index in [0.717, 1.165) is 23.5 Å². The number of nitrogen functional groups attached to an aromatic ring is 2. The minimum atomic E-state index is -4.49. The van der Waals surface area contributed by atoms with Gasteiger partial charge in [-0.25, -0.2) is 0 Å². The van der Waals surface area contributed by atoms with E-state index in [-0.39, 0.29) is 69.3 Å². The molecule has 274 valence electrons. The predicted molar refractivity (Wildman–Crippen MR) is 174 cm³/mol. The standard InChI is InChI=1S/C22H30N10O14P2S2/c23-19-27-13-7(15(35)29-19)25-21(31(13)17-9(33)11-5(43-17)3-41-47(37,38)45-11)49-1-2-50-22-26-8-14(28-20(24)30-16(8)36)32(22)18-10(34)12-6(44-18)4-42-48(39,40)46-12/h5-6,9-12,17-18,33-34,37-40,47-48H,1-4H2,(H3,23,27,29,35)(H3,24,28,30,36)/t5?,6?,9?,10?,11-,12-,17-,18-/m1/s1. The molecule has 4 aromatic rings. The Bertz CT molecular complexity index is 1950. The molecule has 24 nitrogen and oxygen atoms in total. The molecule has 4 unspecified atom stereocenters. The van der Waals surface area contributed by atoms with Crippen LogP contribution in [0.2, 0.25) is 0 Å². The zero-order chi connectivity index (χ0) is 35.3. The number of nitrogens with zero attached hydrogens (tertiary/aromatic N) is 6. The summed E-state index contributed by atoms with van der Waals surface area (Å²) in [5.74, 6) is 0.0718. The van der Waals surface area contributed by atoms with E-state index in [1.165, 1.54) is 9.13 Å². The van der Waals surface area contributed by atoms with Gasteiger partial charge in [-0.15, -0.1) is 0 Å². The number of hydrogen-bond donors (Lipinski definition) is 10. The van der Waals surface area contributed by atoms with Crippen LogP contribution in [0.15, 0.2) is 19.9 Å². The van der Waals surface area contributed by atoms with Crippen molar-refractivity contribution in [3.63, 3.8) is 0 Å². The molecule has 0 bridgehead atoms. The second kappa shape index (κ2) is 12.5. The number of aliphatic hydroxyl groups excluding tert-OH is 2. The van der Waals surface area contributed by atoms with Crippen molar-refractivity contribution >= 4 is 74.1 Å². The Morgan fingerprint density at radius 1 is 0.720 bits per heavy atom. The van der Waals surface area contributed by atoms with E-state index in [9.17, 15) is 39.4 Å². The molecular formula is C22H30N10O14P2S2. The van der Waals surface area contributed by atoms with Gasteiger partial charge in [0.2, 0.25) is 0 Å². The quantitative estimate of drug-likeness (QED) is 0.0499. The van der Waals surface area contributed by atoms with Crippen LogP contribution >= 0.6 is 39.9 Å². The van der Waals surface area contributed by atoms with Crippen LogP contribution in [0.3, 0.4) is 0 Å². The number of ether oxygens (including phenoxy) is 2. The zero-order valence-corrected chi connectivity index (χ0v) is 28.7. The summed E-state index contributed by atoms with van der Waals surface area (Å²) in [6.45, 7) is -0.543. The average Bonchev–Trinajstić information content (AvgIpc) is 3.76. The van der Waals surface area contributed by atoms with Crippen molar-refractivity contribution in [1.29, 1.82) is 0 Å². The molecule has 0 saturated carbocycles. The Hall–Kier alpha value is -2.62. The van der Waals surface area contributed by atoms with Crippen LogP contribution in [0.1, 0.15) is 12.5 Å². The summed E-state index contributed by atoms with van der Waals surface area (Å²) in [4.78, 5) is 87.3. The number of imidazole rings is 2. The Kier molecular flexibility index (Phi) is 8.62. The predicted octanol–water partition coefficient (Wildman–Crippen LogP) is -3.26. The summed E-state index contributed by atoms with van der Waals surface area (Å²) in [5, 5.41) is 22.7. The number of nitrogens with two attached hydrogens (primary N) is 2. The van der Waals surface area contributed by atoms with Crippen molar-refractivity contribution in [3.05, 3.63) is 20.7 Å². The average molecular weight is 785 g/mol. The first-order chi connectivity index (χ1) is 23.7. The first-order valence-electron chi connectivity index (χ1n) is 14.7. The first kappa shape index (κ1) is 34.5. The van der Waals surface area contributed by atoms with Crippen LogP contribution in [-0.4, -0.2) is 130 Å². The van der Waals surface area contributed by atoms with E-state index in [1.807, 2.05) is 0 Å². The summed E-state index contributed by atoms with van der Waals surface area (Å²) in [5.41, 5.74) is 10.1. The first-order valence-corrected chi connectivity index (χ1v) is 20.1. The van der Waals surface area contributed by atoms with E-state index in [4.69, 9.17) is 39.0 Å². The number of H-pyrrole nitrogens is 2. The molecule has 8 rings (SSSR count). The van der Waals surface area contributed by atoms with Gasteiger partial charge < -0.3 is 0 Å². The van der Waals surface area contributed by atoms with Gasteiger partial charge in [0, 0.05) is 0 Å². The molecule has 0 spiro atoms. The number of anilines is 2. The second-order valence-corrected chi connectivity index (χ2v) is 16.8. The molecule has 4 aliphatic heterocycles. The Morgan fingerprint density at radius 2 is 1.12 bits per heavy atom. The van der Waals surface area contributed by atoms with Gasteiger partial charge in [-0.2, -0.15) is 0 Å². The van der Waals surface area contributed by atoms with E-state index >= 15 is 0 Å². The number of aromatic amines is 2. The Labute approximate surface area is 286 Å². The van der Waals surface area contributed by atoms with E-state index in [0.29, 0.717) is 0 Å². The normalized spacial score (nSPS) is 33.0. The SMILES string of the molecule is Nc1nc2c(nc(SCCSc3nc4c(=O)[nH]c(N)nc4n3[C@@H]3OC4CO[PH](O)(O)O[C@H]4C3O)n2[C@@H]2OC3CO[PH](O)(O)O[C@H]3C2O)c(=O)[nH]1. The van der Waals surface area contributed by atoms with Crippen LogP contribution in [0.25, 0.3) is 22.3 Å². The third-order valence-corrected chi connectivity index (χ3v) is 12.6. The summed E-state index contributed by atoms with van der Waals surface area (Å²) in [6.07, 6.45) is -9.50. The van der Waals surface area contributed by atoms with E-state index < -0.39 is 76.5 Å². The second-order valence-electron chi connectivity index (χ2n) is 11.5. The van der Waals surface area contributed by atoms with Gasteiger partial charge in [-0.1, -0.05) is 0 Å². The number of thioether (sulfide) groups is 2. The number of hydrogen-bond acceptors (Lipinski definition) is 22. The van der Waals surface area contributed by atoms with Gasteiger partial charge in [0.15, 0.2) is 0 Å². The molecule has 50 heavy (non-hydrogen) atoms. The van der Waals surface area contributed by atoms with Crippen molar-refractivity contribution in [2.24, 2.45) is 0 Å². The van der Waals surface area contributed by atoms with Crippen LogP contribution in [0, 0.1) is 0 Å². The molecule has 8 heterocycles. The maximum atomic E-state index is 12.8. The summed E-state index contributed by atoms with van der Waals surface area (Å²) in [6, 6.07) is 0. The molecule has 0 aromatic carbocycles. The molecule has 4 fully saturated rings. The van der Waals surface area contributed by atoms with E-state index in [1.54, 1.807) is 0 Å². The minimum absolute atomic E-state index is 0.0101. The number of aliphatic hydroxyl groups is 2. The molecule has 0 radical (unpaired) electrons. The Morgan fingerprint density at radius 3 is 1.52 bits per heavy atom. The fourth-order valence-electron chi connectivity index (χ4n) is 6.12. The van der Waals surface area contributed by atoms with Crippen molar-refractivity contribution in [3.8, 4) is 0 Å². The summed E-state index contributed by atoms with van der Waals surface area (Å²) in [7, 11) is -8.98. The van der Waals surface area contributed by atoms with Gasteiger partial charge in [0.1, 0.15) is 0 Å². The molecule has 4 aliphatic rings. The zero-order valence-electron chi connectivity index (χ0n) is 25.1. The summed E-state index contributed by atoms with van der Waals surface area (Å²) >= 11 is 2.26. The van der Waals surface area contributed by atoms with Crippen molar-refractivity contribution in [2.45, 2.75) is 59.4 Å². The van der Waals surface area contributed by atoms with Crippen LogP contribution in [0.5, 0.6) is 0 Å². The molecule has 0 amide bonds. The topological polar surface area (TPSA) is 356 Å². The molecule has 0 aliphatic carbocycles. The molecule has 8 atom stereocenters. The third-order valence-electron chi connectivity index (χ3n) is 8.20. The van der Waals surface area contributed by atoms with Crippen molar-refractivity contribution < 1.29 is 57.4 Å². The fraction of sp³-hybridized carbons (Fsp3) is 0.545. The summed E-state index contributed by atoms with van der Waals surface area (Å²) < 4.78 is 35.0. The van der Waals surface area contributed by atoms with Gasteiger partial charge in [-0.3, -0.25) is 0 Å². The Balaban J connectivity index is 1.07. The molecular weight excluding hydrogens is 754 g/mol. The fourth-order valence-corrected chi connectivity index (χ4v) is 10.3. The van der Waals surface area contributed by atoms with Crippen LogP contribution in [0.4, 0.5) is 11.9 Å². The third kappa shape index (κ3) is 5.97. The monoisotopic (exact) mass is 784 g/mol. The van der Waals surface area contributed by atoms with Crippen LogP contribution < -0.4 is 22.6 Å². The van der Waals surface area contributed by atoms with Gasteiger partial charge >= 0.3 is 287 Å². The van der Waals surface area contributed by atoms with Gasteiger partial charge in [0.25, 0.3) is 0 Å². The van der Waals surface area contributed by atoms with Gasteiger partial charge in [-0.05, 0) is 0 Å². The number of fused-ring (bicyclic) bond motifs is 4. The number of rotatable bonds is 7. The van der Waals surface area contributed by atoms with Crippen LogP contribution in [-0.2, 0) is 27.6 Å². The van der Waals surface area contributed by atoms with E-state index in [2.05, 4.69) is 29.9 Å². The molecule has 12 N–H and O–H groups in total. The van der Waals surface area contributed by atoms with Crippen molar-refractivity contribution in [2.75, 3.05) is 36.2 Å². The van der Waals surface area contributed by atoms with Gasteiger partial charge in [0.05, 0.1) is 0 Å². The number of aromatic nitrogens is 8. The molecule has 4 saturated heterocycles. The molecule has 4 aromatic heterocycles. The van der Waals surface area contributed by atoms with Crippen molar-refractivity contribution in [1.82, 2.24) is 39.0 Å². The molecule has 28 heteroatoms. The maximum absolute atomic E-state index is 12.8. The number of nitrogens with one attached hydrogen (secondary N) is 2.